The largest absolute Gasteiger partial charge is 0.456 e. The van der Waals surface area contributed by atoms with Crippen molar-refractivity contribution in [3.63, 3.8) is 0 Å². The average Bonchev–Trinajstić information content (AvgIpc) is 3.98. The molecule has 3 nitrogen and oxygen atoms in total. The topological polar surface area (TPSA) is 19.1 Å². The molecule has 12 aromatic rings. The molecule has 5 heteroatoms. The lowest BCUT2D eigenvalue weighted by Crippen LogP contribution is -2.24. The lowest BCUT2D eigenvalue weighted by molar-refractivity contribution is 0.426. The van der Waals surface area contributed by atoms with Crippen molar-refractivity contribution >= 4 is 107 Å². The first-order valence-electron chi connectivity index (χ1n) is 19.2. The van der Waals surface area contributed by atoms with Gasteiger partial charge in [-0.15, -0.1) is 22.7 Å². The van der Waals surface area contributed by atoms with Crippen LogP contribution in [-0.2, 0) is 5.41 Å². The van der Waals surface area contributed by atoms with Crippen LogP contribution >= 0.6 is 22.7 Å². The fourth-order valence-electron chi connectivity index (χ4n) is 9.95. The number of nitrogens with zero attached hydrogens (tertiary/aromatic N) is 2. The van der Waals surface area contributed by atoms with Gasteiger partial charge in [0.1, 0.15) is 11.5 Å². The van der Waals surface area contributed by atoms with Gasteiger partial charge in [-0.05, 0) is 54.6 Å². The predicted octanol–water partition coefficient (Wildman–Crippen LogP) is 15.0. The summed E-state index contributed by atoms with van der Waals surface area (Å²) in [7, 11) is 0. The van der Waals surface area contributed by atoms with Crippen molar-refractivity contribution < 1.29 is 4.74 Å². The normalized spacial score (nSPS) is 13.8. The van der Waals surface area contributed by atoms with E-state index in [9.17, 15) is 0 Å². The molecule has 0 radical (unpaired) electrons. The molecule has 1 aliphatic rings. The summed E-state index contributed by atoms with van der Waals surface area (Å²) in [6, 6.07) is 57.9. The summed E-state index contributed by atoms with van der Waals surface area (Å²) in [5.41, 5.74) is 9.24. The minimum atomic E-state index is -0.357. The lowest BCUT2D eigenvalue weighted by Gasteiger charge is -2.35. The zero-order chi connectivity index (χ0) is 36.9. The molecule has 0 saturated heterocycles. The molecule has 8 aromatic carbocycles. The third kappa shape index (κ3) is 3.86. The van der Waals surface area contributed by atoms with Crippen LogP contribution < -0.4 is 4.74 Å². The van der Waals surface area contributed by atoms with Crippen LogP contribution in [-0.4, -0.2) is 9.13 Å². The molecule has 0 unspecified atom stereocenters. The van der Waals surface area contributed by atoms with E-state index in [1.54, 1.807) is 0 Å². The molecule has 0 saturated carbocycles. The summed E-state index contributed by atoms with van der Waals surface area (Å²) in [6.07, 6.45) is 0. The van der Waals surface area contributed by atoms with Crippen LogP contribution in [0.3, 0.4) is 0 Å². The van der Waals surface area contributed by atoms with E-state index in [4.69, 9.17) is 4.74 Å². The van der Waals surface area contributed by atoms with Crippen LogP contribution in [0.2, 0.25) is 0 Å². The molecule has 0 amide bonds. The van der Waals surface area contributed by atoms with Gasteiger partial charge in [0, 0.05) is 63.6 Å². The van der Waals surface area contributed by atoms with E-state index >= 15 is 0 Å². The van der Waals surface area contributed by atoms with Crippen LogP contribution in [0.1, 0.15) is 25.0 Å². The molecule has 56 heavy (non-hydrogen) atoms. The second-order valence-corrected chi connectivity index (χ2v) is 17.7. The van der Waals surface area contributed by atoms with E-state index in [1.807, 2.05) is 22.7 Å². The minimum Gasteiger partial charge on any atom is -0.456 e. The van der Waals surface area contributed by atoms with Crippen LogP contribution in [0.4, 0.5) is 0 Å². The van der Waals surface area contributed by atoms with Gasteiger partial charge in [0.15, 0.2) is 0 Å². The van der Waals surface area contributed by atoms with Gasteiger partial charge < -0.3 is 13.9 Å². The fraction of sp³-hybridized carbons (Fsp3) is 0.0588. The number of hydrogen-bond acceptors (Lipinski definition) is 3. The fourth-order valence-corrected chi connectivity index (χ4v) is 12.4. The Morgan fingerprint density at radius 1 is 0.429 bits per heavy atom. The number of benzene rings is 8. The second kappa shape index (κ2) is 10.9. The molecular formula is C51H32N2OS2. The number of para-hydroxylation sites is 2. The summed E-state index contributed by atoms with van der Waals surface area (Å²) in [6.45, 7) is 4.77. The van der Waals surface area contributed by atoms with Crippen molar-refractivity contribution in [1.29, 1.82) is 0 Å². The Balaban J connectivity index is 1.07. The summed E-state index contributed by atoms with van der Waals surface area (Å²) in [4.78, 5) is 0. The maximum Gasteiger partial charge on any atom is 0.141 e. The molecule has 13 rings (SSSR count). The second-order valence-electron chi connectivity index (χ2n) is 15.6. The van der Waals surface area contributed by atoms with Crippen LogP contribution in [0.5, 0.6) is 11.5 Å². The Kier molecular flexibility index (Phi) is 6.00. The van der Waals surface area contributed by atoms with Gasteiger partial charge >= 0.3 is 0 Å². The number of hydrogen-bond donors (Lipinski definition) is 0. The van der Waals surface area contributed by atoms with Crippen LogP contribution in [0.25, 0.3) is 95.3 Å². The number of thiophene rings is 2. The summed E-state index contributed by atoms with van der Waals surface area (Å²) < 4.78 is 17.5. The Morgan fingerprint density at radius 2 is 0.911 bits per heavy atom. The molecule has 0 aliphatic carbocycles. The number of ether oxygens (including phenoxy) is 1. The smallest absolute Gasteiger partial charge is 0.141 e. The lowest BCUT2D eigenvalue weighted by atomic mass is 9.73. The van der Waals surface area contributed by atoms with Gasteiger partial charge in [-0.2, -0.15) is 0 Å². The van der Waals surface area contributed by atoms with E-state index in [0.29, 0.717) is 0 Å². The third-order valence-electron chi connectivity index (χ3n) is 12.4. The molecular weight excluding hydrogens is 721 g/mol. The molecule has 1 aliphatic heterocycles. The van der Waals surface area contributed by atoms with E-state index in [-0.39, 0.29) is 5.41 Å². The highest BCUT2D eigenvalue weighted by Gasteiger charge is 2.39. The van der Waals surface area contributed by atoms with Gasteiger partial charge in [0.05, 0.1) is 48.2 Å². The van der Waals surface area contributed by atoms with E-state index in [1.165, 1.54) is 95.6 Å². The maximum absolute atomic E-state index is 7.28. The van der Waals surface area contributed by atoms with Crippen molar-refractivity contribution in [2.24, 2.45) is 0 Å². The first-order chi connectivity index (χ1) is 27.6. The summed E-state index contributed by atoms with van der Waals surface area (Å²) in [5, 5.41) is 10.1. The highest BCUT2D eigenvalue weighted by Crippen LogP contribution is 2.56. The maximum atomic E-state index is 7.28. The first kappa shape index (κ1) is 30.9. The summed E-state index contributed by atoms with van der Waals surface area (Å²) >= 11 is 3.75. The van der Waals surface area contributed by atoms with Gasteiger partial charge in [0.25, 0.3) is 0 Å². The van der Waals surface area contributed by atoms with Crippen molar-refractivity contribution in [3.8, 4) is 22.9 Å². The minimum absolute atomic E-state index is 0.357. The average molecular weight is 753 g/mol. The molecule has 264 valence electrons. The van der Waals surface area contributed by atoms with Crippen molar-refractivity contribution in [3.05, 3.63) is 169 Å². The van der Waals surface area contributed by atoms with Gasteiger partial charge in [0.2, 0.25) is 0 Å². The van der Waals surface area contributed by atoms with Gasteiger partial charge in [-0.3, -0.25) is 0 Å². The zero-order valence-corrected chi connectivity index (χ0v) is 32.3. The Morgan fingerprint density at radius 3 is 1.52 bits per heavy atom. The Bertz CT molecular complexity index is 3670. The van der Waals surface area contributed by atoms with Crippen LogP contribution in [0, 0.1) is 0 Å². The first-order valence-corrected chi connectivity index (χ1v) is 20.8. The number of rotatable bonds is 2. The standard InChI is InChI=1S/C51H32N2OS2/c1-51(2)35-25-26-39-46(34-16-4-8-20-37(34)53(39)41-22-12-18-32-30-14-6-10-24-44(30)56-50(32)41)48(35)54-42-28-27-38-45(47(42)51)33-15-3-7-19-36(33)52(38)40-21-11-17-31-29-13-5-9-23-43(29)55-49(31)40/h3-28H,1-2H3. The molecule has 0 atom stereocenters. The van der Waals surface area contributed by atoms with Crippen molar-refractivity contribution in [2.75, 3.05) is 0 Å². The molecule has 0 spiro atoms. The quantitative estimate of drug-likeness (QED) is 0.172. The van der Waals surface area contributed by atoms with E-state index in [2.05, 4.69) is 181 Å². The monoisotopic (exact) mass is 752 g/mol. The van der Waals surface area contributed by atoms with Gasteiger partial charge in [-0.25, -0.2) is 0 Å². The molecule has 5 heterocycles. The molecule has 0 fully saturated rings. The molecule has 0 bridgehead atoms. The summed E-state index contributed by atoms with van der Waals surface area (Å²) in [5.74, 6) is 1.88. The van der Waals surface area contributed by atoms with Crippen molar-refractivity contribution in [2.45, 2.75) is 19.3 Å². The third-order valence-corrected chi connectivity index (χ3v) is 14.8. The molecule has 0 N–H and O–H groups in total. The van der Waals surface area contributed by atoms with Gasteiger partial charge in [-0.1, -0.05) is 117 Å². The highest BCUT2D eigenvalue weighted by molar-refractivity contribution is 7.26. The zero-order valence-electron chi connectivity index (χ0n) is 30.6. The number of fused-ring (bicyclic) bond motifs is 16. The van der Waals surface area contributed by atoms with Crippen LogP contribution in [0.15, 0.2) is 158 Å². The number of aromatic nitrogens is 2. The van der Waals surface area contributed by atoms with Crippen molar-refractivity contribution in [1.82, 2.24) is 9.13 Å². The highest BCUT2D eigenvalue weighted by atomic mass is 32.1. The Hall–Kier alpha value is -6.40. The molecule has 4 aromatic heterocycles. The SMILES string of the molecule is CC1(C)c2ccc3c(c2Oc2ccc4c(c21)c1ccccc1n4-c1cccc2c1sc1ccccc12)c1ccccc1n3-c1cccc2c1sc1ccccc12. The predicted molar refractivity (Wildman–Crippen MR) is 240 cm³/mol. The van der Waals surface area contributed by atoms with E-state index in [0.717, 1.165) is 22.4 Å². The Labute approximate surface area is 329 Å². The van der Waals surface area contributed by atoms with E-state index < -0.39 is 0 Å².